The summed E-state index contributed by atoms with van der Waals surface area (Å²) in [5.74, 6) is 0.912. The highest BCUT2D eigenvalue weighted by molar-refractivity contribution is 7.19. The summed E-state index contributed by atoms with van der Waals surface area (Å²) >= 11 is 1.59. The molecule has 2 aromatic heterocycles. The molecule has 2 heterocycles. The molecule has 104 valence electrons. The van der Waals surface area contributed by atoms with E-state index in [0.29, 0.717) is 0 Å². The molecule has 0 fully saturated rings. The third-order valence-corrected chi connectivity index (χ3v) is 4.20. The first-order valence-electron chi connectivity index (χ1n) is 6.77. The Bertz CT molecular complexity index is 715. The van der Waals surface area contributed by atoms with Crippen LogP contribution in [0.15, 0.2) is 24.3 Å². The van der Waals surface area contributed by atoms with E-state index in [-0.39, 0.29) is 0 Å². The van der Waals surface area contributed by atoms with Gasteiger partial charge in [-0.05, 0) is 25.6 Å². The highest BCUT2D eigenvalue weighted by atomic mass is 32.1. The van der Waals surface area contributed by atoms with Crippen molar-refractivity contribution in [2.24, 2.45) is 0 Å². The average molecular weight is 287 g/mol. The Kier molecular flexibility index (Phi) is 3.75. The van der Waals surface area contributed by atoms with Gasteiger partial charge in [-0.25, -0.2) is 0 Å². The van der Waals surface area contributed by atoms with Crippen LogP contribution in [0.1, 0.15) is 18.3 Å². The van der Waals surface area contributed by atoms with E-state index in [1.807, 2.05) is 11.6 Å². The van der Waals surface area contributed by atoms with Gasteiger partial charge in [-0.2, -0.15) is 9.61 Å². The van der Waals surface area contributed by atoms with Crippen LogP contribution >= 0.6 is 11.3 Å². The highest BCUT2D eigenvalue weighted by Crippen LogP contribution is 2.28. The van der Waals surface area contributed by atoms with E-state index in [9.17, 15) is 0 Å². The molecule has 1 aromatic carbocycles. The lowest BCUT2D eigenvalue weighted by atomic mass is 10.1. The minimum atomic E-state index is 0.839. The number of nitrogens with one attached hydrogen (secondary N) is 1. The minimum Gasteiger partial charge on any atom is -0.319 e. The summed E-state index contributed by atoms with van der Waals surface area (Å²) in [7, 11) is 1.97. The lowest BCUT2D eigenvalue weighted by Gasteiger charge is -2.06. The second kappa shape index (κ2) is 5.68. The predicted molar refractivity (Wildman–Crippen MR) is 81.1 cm³/mol. The van der Waals surface area contributed by atoms with Crippen molar-refractivity contribution in [1.29, 1.82) is 0 Å². The molecular weight excluding hydrogens is 270 g/mol. The fourth-order valence-electron chi connectivity index (χ4n) is 2.19. The van der Waals surface area contributed by atoms with Gasteiger partial charge in [-0.15, -0.1) is 10.2 Å². The largest absolute Gasteiger partial charge is 0.319 e. The summed E-state index contributed by atoms with van der Waals surface area (Å²) in [5.41, 5.74) is 2.50. The Hall–Kier alpha value is -1.79. The minimum absolute atomic E-state index is 0.839. The van der Waals surface area contributed by atoms with Crippen molar-refractivity contribution in [1.82, 2.24) is 25.1 Å². The van der Waals surface area contributed by atoms with Crippen molar-refractivity contribution < 1.29 is 0 Å². The zero-order valence-corrected chi connectivity index (χ0v) is 12.4. The number of likely N-dealkylation sites (N-methyl/N-ethyl adjacent to an activating group) is 1. The van der Waals surface area contributed by atoms with E-state index in [4.69, 9.17) is 0 Å². The zero-order valence-electron chi connectivity index (χ0n) is 11.6. The molecule has 5 nitrogen and oxygen atoms in total. The molecule has 0 aliphatic rings. The number of aromatic nitrogens is 4. The van der Waals surface area contributed by atoms with Gasteiger partial charge in [0.2, 0.25) is 4.96 Å². The second-order valence-electron chi connectivity index (χ2n) is 4.58. The lowest BCUT2D eigenvalue weighted by molar-refractivity contribution is 0.791. The van der Waals surface area contributed by atoms with Gasteiger partial charge in [0.25, 0.3) is 0 Å². The van der Waals surface area contributed by atoms with E-state index in [0.717, 1.165) is 35.2 Å². The molecule has 0 bridgehead atoms. The standard InChI is InChI=1S/C14H17N5S/c1-3-12-16-17-14-19(12)18-13(20-14)11-7-5-4-6-10(11)8-9-15-2/h4-7,15H,3,8-9H2,1-2H3. The summed E-state index contributed by atoms with van der Waals surface area (Å²) in [4.78, 5) is 0.861. The molecule has 6 heteroatoms. The van der Waals surface area contributed by atoms with E-state index in [2.05, 4.69) is 51.8 Å². The van der Waals surface area contributed by atoms with Crippen molar-refractivity contribution >= 4 is 16.3 Å². The molecule has 3 rings (SSSR count). The van der Waals surface area contributed by atoms with Crippen molar-refractivity contribution in [3.8, 4) is 10.6 Å². The maximum Gasteiger partial charge on any atom is 0.234 e. The molecule has 0 spiro atoms. The highest BCUT2D eigenvalue weighted by Gasteiger charge is 2.13. The third-order valence-electron chi connectivity index (χ3n) is 3.26. The number of benzene rings is 1. The quantitative estimate of drug-likeness (QED) is 0.781. The fraction of sp³-hybridized carbons (Fsp3) is 0.357. The van der Waals surface area contributed by atoms with Crippen LogP contribution in [-0.4, -0.2) is 33.4 Å². The summed E-state index contributed by atoms with van der Waals surface area (Å²) in [6.45, 7) is 3.03. The van der Waals surface area contributed by atoms with Gasteiger partial charge in [0.1, 0.15) is 5.01 Å². The van der Waals surface area contributed by atoms with Gasteiger partial charge >= 0.3 is 0 Å². The van der Waals surface area contributed by atoms with Crippen LogP contribution in [0.2, 0.25) is 0 Å². The van der Waals surface area contributed by atoms with E-state index in [1.165, 1.54) is 11.1 Å². The Morgan fingerprint density at radius 1 is 1.25 bits per heavy atom. The van der Waals surface area contributed by atoms with Crippen LogP contribution in [0.3, 0.4) is 0 Å². The number of fused-ring (bicyclic) bond motifs is 1. The first kappa shape index (κ1) is 13.2. The van der Waals surface area contributed by atoms with Crippen LogP contribution in [0.5, 0.6) is 0 Å². The smallest absolute Gasteiger partial charge is 0.234 e. The normalized spacial score (nSPS) is 11.3. The van der Waals surface area contributed by atoms with Crippen LogP contribution < -0.4 is 5.32 Å². The van der Waals surface area contributed by atoms with Crippen molar-refractivity contribution in [3.63, 3.8) is 0 Å². The van der Waals surface area contributed by atoms with Crippen molar-refractivity contribution in [3.05, 3.63) is 35.7 Å². The van der Waals surface area contributed by atoms with Gasteiger partial charge in [-0.1, -0.05) is 42.5 Å². The first-order chi connectivity index (χ1) is 9.83. The predicted octanol–water partition coefficient (Wildman–Crippen LogP) is 2.18. The topological polar surface area (TPSA) is 55.1 Å². The molecule has 0 radical (unpaired) electrons. The van der Waals surface area contributed by atoms with E-state index in [1.54, 1.807) is 11.3 Å². The molecule has 20 heavy (non-hydrogen) atoms. The molecule has 0 aliphatic heterocycles. The average Bonchev–Trinajstić information content (AvgIpc) is 3.05. The maximum absolute atomic E-state index is 4.67. The molecular formula is C14H17N5S. The first-order valence-corrected chi connectivity index (χ1v) is 7.59. The van der Waals surface area contributed by atoms with E-state index < -0.39 is 0 Å². The number of hydrogen-bond donors (Lipinski definition) is 1. The molecule has 0 unspecified atom stereocenters. The number of hydrogen-bond acceptors (Lipinski definition) is 5. The van der Waals surface area contributed by atoms with Gasteiger partial charge in [0.15, 0.2) is 5.82 Å². The zero-order chi connectivity index (χ0) is 13.9. The number of aryl methyl sites for hydroxylation is 1. The molecule has 1 N–H and O–H groups in total. The Morgan fingerprint density at radius 2 is 2.10 bits per heavy atom. The molecule has 0 amide bonds. The van der Waals surface area contributed by atoms with Crippen LogP contribution in [0.4, 0.5) is 0 Å². The van der Waals surface area contributed by atoms with Gasteiger partial charge in [0, 0.05) is 12.0 Å². The Balaban J connectivity index is 2.03. The van der Waals surface area contributed by atoms with Crippen LogP contribution in [-0.2, 0) is 12.8 Å². The van der Waals surface area contributed by atoms with Gasteiger partial charge in [-0.3, -0.25) is 0 Å². The van der Waals surface area contributed by atoms with Gasteiger partial charge in [0.05, 0.1) is 0 Å². The Morgan fingerprint density at radius 3 is 2.90 bits per heavy atom. The van der Waals surface area contributed by atoms with Crippen molar-refractivity contribution in [2.45, 2.75) is 19.8 Å². The fourth-order valence-corrected chi connectivity index (χ4v) is 3.11. The molecule has 3 aromatic rings. The second-order valence-corrected chi connectivity index (χ2v) is 5.54. The van der Waals surface area contributed by atoms with Crippen LogP contribution in [0, 0.1) is 0 Å². The molecule has 0 atom stereocenters. The molecule has 0 saturated heterocycles. The summed E-state index contributed by atoms with van der Waals surface area (Å²) < 4.78 is 1.86. The number of rotatable bonds is 5. The van der Waals surface area contributed by atoms with E-state index >= 15 is 0 Å². The SMILES string of the molecule is CCc1nnc2sc(-c3ccccc3CCNC)nn12. The number of nitrogens with zero attached hydrogens (tertiary/aromatic N) is 4. The van der Waals surface area contributed by atoms with Crippen LogP contribution in [0.25, 0.3) is 15.5 Å². The lowest BCUT2D eigenvalue weighted by Crippen LogP contribution is -2.10. The monoisotopic (exact) mass is 287 g/mol. The molecule has 0 saturated carbocycles. The van der Waals surface area contributed by atoms with Gasteiger partial charge < -0.3 is 5.32 Å². The summed E-state index contributed by atoms with van der Waals surface area (Å²) in [5, 5.41) is 17.2. The summed E-state index contributed by atoms with van der Waals surface area (Å²) in [6.07, 6.45) is 1.83. The summed E-state index contributed by atoms with van der Waals surface area (Å²) in [6, 6.07) is 8.42. The third kappa shape index (κ3) is 2.32. The van der Waals surface area contributed by atoms with Crippen molar-refractivity contribution in [2.75, 3.05) is 13.6 Å². The Labute approximate surface area is 121 Å². The molecule has 0 aliphatic carbocycles. The maximum atomic E-state index is 4.67.